The largest absolute Gasteiger partial charge is 0.416 e. The number of hydrogen-bond acceptors (Lipinski definition) is 5. The van der Waals surface area contributed by atoms with E-state index in [2.05, 4.69) is 9.88 Å². The van der Waals surface area contributed by atoms with Gasteiger partial charge < -0.3 is 9.80 Å². The minimum atomic E-state index is -4.61. The van der Waals surface area contributed by atoms with Gasteiger partial charge in [-0.25, -0.2) is 0 Å². The number of nitrogens with zero attached hydrogens (tertiary/aromatic N) is 4. The third-order valence-electron chi connectivity index (χ3n) is 5.10. The van der Waals surface area contributed by atoms with Crippen molar-refractivity contribution in [2.24, 2.45) is 5.92 Å². The van der Waals surface area contributed by atoms with Crippen molar-refractivity contribution >= 4 is 11.4 Å². The average Bonchev–Trinajstić information content (AvgIpc) is 2.67. The quantitative estimate of drug-likeness (QED) is 0.525. The molecule has 1 fully saturated rings. The van der Waals surface area contributed by atoms with Gasteiger partial charge in [0.1, 0.15) is 5.69 Å². The number of hydrogen-bond donors (Lipinski definition) is 0. The summed E-state index contributed by atoms with van der Waals surface area (Å²) < 4.78 is 38.8. The first-order chi connectivity index (χ1) is 13.7. The Hall–Kier alpha value is -2.68. The summed E-state index contributed by atoms with van der Waals surface area (Å²) in [4.78, 5) is 18.8. The maximum absolute atomic E-state index is 12.9. The Kier molecular flexibility index (Phi) is 6.36. The van der Waals surface area contributed by atoms with E-state index in [9.17, 15) is 23.3 Å². The lowest BCUT2D eigenvalue weighted by molar-refractivity contribution is -0.384. The highest BCUT2D eigenvalue weighted by Gasteiger charge is 2.34. The molecule has 0 bridgehead atoms. The molecule has 9 heteroatoms. The van der Waals surface area contributed by atoms with E-state index in [1.165, 1.54) is 6.07 Å². The van der Waals surface area contributed by atoms with Crippen LogP contribution in [0.3, 0.4) is 0 Å². The predicted octanol–water partition coefficient (Wildman–Crippen LogP) is 4.36. The fraction of sp³-hybridized carbons (Fsp3) is 0.450. The lowest BCUT2D eigenvalue weighted by atomic mass is 9.96. The molecule has 2 heterocycles. The van der Waals surface area contributed by atoms with Crippen LogP contribution in [0.25, 0.3) is 0 Å². The van der Waals surface area contributed by atoms with Crippen LogP contribution in [-0.2, 0) is 12.7 Å². The first-order valence-corrected chi connectivity index (χ1v) is 9.42. The van der Waals surface area contributed by atoms with Crippen LogP contribution < -0.4 is 4.90 Å². The first kappa shape index (κ1) is 21.0. The number of rotatable bonds is 6. The van der Waals surface area contributed by atoms with Crippen LogP contribution in [0, 0.1) is 16.0 Å². The summed E-state index contributed by atoms with van der Waals surface area (Å²) in [6.07, 6.45) is 0.739. The van der Waals surface area contributed by atoms with Crippen molar-refractivity contribution in [2.45, 2.75) is 25.6 Å². The normalized spacial score (nSPS) is 17.6. The predicted molar refractivity (Wildman–Crippen MR) is 104 cm³/mol. The molecule has 6 nitrogen and oxygen atoms in total. The second kappa shape index (κ2) is 8.77. The number of alkyl halides is 3. The Morgan fingerprint density at radius 2 is 2.14 bits per heavy atom. The van der Waals surface area contributed by atoms with Gasteiger partial charge in [0.05, 0.1) is 10.5 Å². The molecule has 0 spiro atoms. The van der Waals surface area contributed by atoms with Gasteiger partial charge in [-0.3, -0.25) is 15.1 Å². The number of nitro groups is 1. The third kappa shape index (κ3) is 5.44. The maximum atomic E-state index is 12.9. The summed E-state index contributed by atoms with van der Waals surface area (Å²) >= 11 is 0. The highest BCUT2D eigenvalue weighted by Crippen LogP contribution is 2.37. The van der Waals surface area contributed by atoms with Gasteiger partial charge in [-0.05, 0) is 49.6 Å². The Labute approximate surface area is 167 Å². The van der Waals surface area contributed by atoms with Crippen LogP contribution in [-0.4, -0.2) is 41.5 Å². The molecule has 0 radical (unpaired) electrons. The number of anilines is 1. The van der Waals surface area contributed by atoms with Crippen LogP contribution in [0.1, 0.15) is 24.0 Å². The number of aromatic nitrogens is 1. The van der Waals surface area contributed by atoms with Gasteiger partial charge in [0.15, 0.2) is 0 Å². The molecule has 29 heavy (non-hydrogen) atoms. The highest BCUT2D eigenvalue weighted by molar-refractivity contribution is 5.65. The van der Waals surface area contributed by atoms with Crippen molar-refractivity contribution in [1.29, 1.82) is 0 Å². The number of piperidine rings is 1. The fourth-order valence-electron chi connectivity index (χ4n) is 3.85. The van der Waals surface area contributed by atoms with Crippen molar-refractivity contribution in [1.82, 2.24) is 9.88 Å². The molecular weight excluding hydrogens is 385 g/mol. The summed E-state index contributed by atoms with van der Waals surface area (Å²) in [7, 11) is 2.01. The Bertz CT molecular complexity index is 845. The van der Waals surface area contributed by atoms with Gasteiger partial charge in [-0.15, -0.1) is 0 Å². The molecule has 1 aromatic carbocycles. The number of benzene rings is 1. The molecule has 3 rings (SSSR count). The van der Waals surface area contributed by atoms with Crippen molar-refractivity contribution in [3.63, 3.8) is 0 Å². The summed E-state index contributed by atoms with van der Waals surface area (Å²) in [5.74, 6) is 0.271. The molecule has 1 saturated heterocycles. The van der Waals surface area contributed by atoms with E-state index in [1.54, 1.807) is 6.20 Å². The summed E-state index contributed by atoms with van der Waals surface area (Å²) in [6, 6.07) is 6.66. The Morgan fingerprint density at radius 3 is 2.79 bits per heavy atom. The van der Waals surface area contributed by atoms with Crippen molar-refractivity contribution in [3.05, 3.63) is 64.0 Å². The van der Waals surface area contributed by atoms with Crippen molar-refractivity contribution < 1.29 is 18.1 Å². The second-order valence-electron chi connectivity index (χ2n) is 7.47. The topological polar surface area (TPSA) is 62.5 Å². The molecule has 0 N–H and O–H groups in total. The molecule has 1 aliphatic rings. The minimum absolute atomic E-state index is 0.252. The van der Waals surface area contributed by atoms with E-state index in [0.717, 1.165) is 37.6 Å². The number of halogens is 3. The molecule has 156 valence electrons. The van der Waals surface area contributed by atoms with Crippen LogP contribution in [0.2, 0.25) is 0 Å². The molecule has 0 saturated carbocycles. The minimum Gasteiger partial charge on any atom is -0.366 e. The smallest absolute Gasteiger partial charge is 0.366 e. The molecule has 0 unspecified atom stereocenters. The van der Waals surface area contributed by atoms with Crippen molar-refractivity contribution in [2.75, 3.05) is 31.6 Å². The fourth-order valence-corrected chi connectivity index (χ4v) is 3.85. The maximum Gasteiger partial charge on any atom is 0.416 e. The van der Waals surface area contributed by atoms with Crippen LogP contribution in [0.15, 0.2) is 42.7 Å². The molecule has 1 aromatic heterocycles. The lowest BCUT2D eigenvalue weighted by Gasteiger charge is -2.36. The van der Waals surface area contributed by atoms with Crippen LogP contribution >= 0.6 is 0 Å². The lowest BCUT2D eigenvalue weighted by Crippen LogP contribution is -2.40. The zero-order valence-corrected chi connectivity index (χ0v) is 16.1. The zero-order chi connectivity index (χ0) is 21.0. The van der Waals surface area contributed by atoms with Gasteiger partial charge >= 0.3 is 6.18 Å². The van der Waals surface area contributed by atoms with Crippen LogP contribution in [0.5, 0.6) is 0 Å². The monoisotopic (exact) mass is 408 g/mol. The molecule has 0 amide bonds. The zero-order valence-electron chi connectivity index (χ0n) is 16.1. The summed E-state index contributed by atoms with van der Waals surface area (Å²) in [5, 5.41) is 11.4. The SMILES string of the molecule is CN(Cc1cccnc1)C[C@H]1CCCN(c2ccc(C(F)(F)F)cc2[N+](=O)[O-])C1. The number of nitro benzene ring substituents is 1. The standard InChI is InChI=1S/C20H23F3N4O2/c1-25(12-15-4-2-8-24-11-15)13-16-5-3-9-26(14-16)18-7-6-17(20(21,22)23)10-19(18)27(28)29/h2,4,6-8,10-11,16H,3,5,9,12-14H2,1H3/t16-/m1/s1. The van der Waals surface area contributed by atoms with E-state index < -0.39 is 22.4 Å². The van der Waals surface area contributed by atoms with Gasteiger partial charge in [0.25, 0.3) is 5.69 Å². The second-order valence-corrected chi connectivity index (χ2v) is 7.47. The molecule has 2 aromatic rings. The van der Waals surface area contributed by atoms with E-state index in [0.29, 0.717) is 19.2 Å². The molecular formula is C20H23F3N4O2. The number of pyridine rings is 1. The Balaban J connectivity index is 1.71. The summed E-state index contributed by atoms with van der Waals surface area (Å²) in [6.45, 7) is 2.70. The average molecular weight is 408 g/mol. The molecule has 1 aliphatic heterocycles. The molecule has 1 atom stereocenters. The van der Waals surface area contributed by atoms with Crippen molar-refractivity contribution in [3.8, 4) is 0 Å². The van der Waals surface area contributed by atoms with Gasteiger partial charge in [-0.1, -0.05) is 6.07 Å². The van der Waals surface area contributed by atoms with E-state index in [4.69, 9.17) is 0 Å². The van der Waals surface area contributed by atoms with Gasteiger partial charge in [0.2, 0.25) is 0 Å². The van der Waals surface area contributed by atoms with Crippen LogP contribution in [0.4, 0.5) is 24.5 Å². The molecule has 0 aliphatic carbocycles. The van der Waals surface area contributed by atoms with E-state index in [1.807, 2.05) is 30.3 Å². The van der Waals surface area contributed by atoms with E-state index >= 15 is 0 Å². The Morgan fingerprint density at radius 1 is 1.34 bits per heavy atom. The first-order valence-electron chi connectivity index (χ1n) is 9.42. The van der Waals surface area contributed by atoms with Gasteiger partial charge in [-0.2, -0.15) is 13.2 Å². The highest BCUT2D eigenvalue weighted by atomic mass is 19.4. The van der Waals surface area contributed by atoms with E-state index in [-0.39, 0.29) is 11.6 Å². The van der Waals surface area contributed by atoms with Gasteiger partial charge in [0, 0.05) is 44.6 Å². The summed E-state index contributed by atoms with van der Waals surface area (Å²) in [5.41, 5.74) is -0.148. The third-order valence-corrected chi connectivity index (χ3v) is 5.10.